The third kappa shape index (κ3) is 3.21. The SMILES string of the molecule is Cc1cccc2c(-c3cnc4[nH]cc(OC(=O)NC(C)(C)C)c4n3)[nH]nc12. The van der Waals surface area contributed by atoms with Crippen molar-refractivity contribution in [2.75, 3.05) is 0 Å². The first-order valence-electron chi connectivity index (χ1n) is 8.60. The maximum Gasteiger partial charge on any atom is 0.413 e. The van der Waals surface area contributed by atoms with Gasteiger partial charge in [0, 0.05) is 17.1 Å². The summed E-state index contributed by atoms with van der Waals surface area (Å²) in [7, 11) is 0. The second-order valence-electron chi connectivity index (χ2n) is 7.44. The fraction of sp³-hybridized carbons (Fsp3) is 0.263. The van der Waals surface area contributed by atoms with E-state index in [1.54, 1.807) is 12.4 Å². The maximum absolute atomic E-state index is 12.1. The van der Waals surface area contributed by atoms with E-state index in [1.165, 1.54) is 0 Å². The van der Waals surface area contributed by atoms with Crippen molar-refractivity contribution in [3.63, 3.8) is 0 Å². The standard InChI is InChI=1S/C19H20N6O2/c1-10-6-5-7-11-14(10)24-25-15(11)12-8-20-17-16(22-12)13(9-21-17)27-18(26)23-19(2,3)4/h5-9H,1-4H3,(H,20,21)(H,23,26)(H,24,25). The van der Waals surface area contributed by atoms with Crippen LogP contribution in [0.5, 0.6) is 5.75 Å². The molecule has 0 fully saturated rings. The minimum absolute atomic E-state index is 0.320. The zero-order chi connectivity index (χ0) is 19.2. The van der Waals surface area contributed by atoms with Crippen LogP contribution >= 0.6 is 0 Å². The summed E-state index contributed by atoms with van der Waals surface area (Å²) >= 11 is 0. The molecule has 4 aromatic rings. The number of nitrogens with one attached hydrogen (secondary N) is 3. The van der Waals surface area contributed by atoms with Crippen LogP contribution < -0.4 is 10.1 Å². The van der Waals surface area contributed by atoms with Crippen LogP contribution in [0, 0.1) is 6.92 Å². The highest BCUT2D eigenvalue weighted by Gasteiger charge is 2.19. The average molecular weight is 364 g/mol. The van der Waals surface area contributed by atoms with E-state index in [2.05, 4.69) is 30.5 Å². The molecule has 3 aromatic heterocycles. The Kier molecular flexibility index (Phi) is 3.83. The lowest BCUT2D eigenvalue weighted by Gasteiger charge is -2.19. The third-order valence-electron chi connectivity index (χ3n) is 4.07. The number of rotatable bonds is 2. The summed E-state index contributed by atoms with van der Waals surface area (Å²) in [5, 5.41) is 11.1. The first kappa shape index (κ1) is 17.0. The molecule has 8 heteroatoms. The van der Waals surface area contributed by atoms with Crippen LogP contribution in [-0.2, 0) is 0 Å². The highest BCUT2D eigenvalue weighted by Crippen LogP contribution is 2.29. The number of aromatic nitrogens is 5. The molecular weight excluding hydrogens is 344 g/mol. The lowest BCUT2D eigenvalue weighted by molar-refractivity contribution is 0.191. The van der Waals surface area contributed by atoms with Crippen LogP contribution in [-0.4, -0.2) is 36.8 Å². The molecule has 3 N–H and O–H groups in total. The Hall–Kier alpha value is -3.42. The Labute approximate surface area is 155 Å². The first-order valence-corrected chi connectivity index (χ1v) is 8.60. The predicted octanol–water partition coefficient (Wildman–Crippen LogP) is 3.70. The zero-order valence-electron chi connectivity index (χ0n) is 15.5. The van der Waals surface area contributed by atoms with Crippen LogP contribution in [0.2, 0.25) is 0 Å². The molecule has 138 valence electrons. The molecule has 0 spiro atoms. The molecule has 0 aliphatic rings. The van der Waals surface area contributed by atoms with Crippen LogP contribution in [0.15, 0.2) is 30.6 Å². The van der Waals surface area contributed by atoms with Crippen LogP contribution in [0.1, 0.15) is 26.3 Å². The van der Waals surface area contributed by atoms with E-state index in [9.17, 15) is 4.79 Å². The highest BCUT2D eigenvalue weighted by atomic mass is 16.6. The van der Waals surface area contributed by atoms with Gasteiger partial charge in [-0.05, 0) is 33.3 Å². The first-order chi connectivity index (χ1) is 12.8. The Bertz CT molecular complexity index is 1150. The van der Waals surface area contributed by atoms with Crippen LogP contribution in [0.3, 0.4) is 0 Å². The number of benzene rings is 1. The topological polar surface area (TPSA) is 109 Å². The number of aromatic amines is 2. The zero-order valence-corrected chi connectivity index (χ0v) is 15.5. The molecule has 0 aliphatic heterocycles. The molecule has 0 radical (unpaired) electrons. The molecule has 0 saturated heterocycles. The summed E-state index contributed by atoms with van der Waals surface area (Å²) in [4.78, 5) is 24.1. The summed E-state index contributed by atoms with van der Waals surface area (Å²) in [6.45, 7) is 7.65. The highest BCUT2D eigenvalue weighted by molar-refractivity contribution is 5.94. The molecule has 0 unspecified atom stereocenters. The predicted molar refractivity (Wildman–Crippen MR) is 103 cm³/mol. The number of ether oxygens (including phenoxy) is 1. The summed E-state index contributed by atoms with van der Waals surface area (Å²) in [5.74, 6) is 0.320. The van der Waals surface area contributed by atoms with Crippen molar-refractivity contribution in [3.8, 4) is 17.1 Å². The lowest BCUT2D eigenvalue weighted by atomic mass is 10.1. The van der Waals surface area contributed by atoms with E-state index in [4.69, 9.17) is 4.74 Å². The van der Waals surface area contributed by atoms with Crippen molar-refractivity contribution >= 4 is 28.2 Å². The van der Waals surface area contributed by atoms with Crippen molar-refractivity contribution < 1.29 is 9.53 Å². The fourth-order valence-corrected chi connectivity index (χ4v) is 2.87. The molecule has 3 heterocycles. The summed E-state index contributed by atoms with van der Waals surface area (Å²) in [6, 6.07) is 5.97. The maximum atomic E-state index is 12.1. The van der Waals surface area contributed by atoms with E-state index in [-0.39, 0.29) is 0 Å². The molecule has 27 heavy (non-hydrogen) atoms. The van der Waals surface area contributed by atoms with Gasteiger partial charge in [-0.2, -0.15) is 5.10 Å². The Morgan fingerprint density at radius 3 is 2.81 bits per heavy atom. The van der Waals surface area contributed by atoms with Crippen molar-refractivity contribution in [1.29, 1.82) is 0 Å². The quantitative estimate of drug-likeness (QED) is 0.502. The van der Waals surface area contributed by atoms with Gasteiger partial charge < -0.3 is 15.0 Å². The fourth-order valence-electron chi connectivity index (χ4n) is 2.87. The second-order valence-corrected chi connectivity index (χ2v) is 7.44. The normalized spacial score (nSPS) is 11.9. The molecule has 0 bridgehead atoms. The van der Waals surface area contributed by atoms with E-state index >= 15 is 0 Å². The molecule has 0 atom stereocenters. The van der Waals surface area contributed by atoms with Crippen molar-refractivity contribution in [3.05, 3.63) is 36.2 Å². The number of nitrogens with zero attached hydrogens (tertiary/aromatic N) is 3. The van der Waals surface area contributed by atoms with Gasteiger partial charge in [-0.15, -0.1) is 0 Å². The summed E-state index contributed by atoms with van der Waals surface area (Å²) in [5.41, 5.74) is 3.99. The minimum atomic E-state index is -0.543. The molecule has 0 aliphatic carbocycles. The van der Waals surface area contributed by atoms with E-state index in [0.29, 0.717) is 22.6 Å². The van der Waals surface area contributed by atoms with Crippen LogP contribution in [0.4, 0.5) is 4.79 Å². The lowest BCUT2D eigenvalue weighted by Crippen LogP contribution is -2.42. The number of carbonyl (C=O) groups is 1. The van der Waals surface area contributed by atoms with Gasteiger partial charge in [-0.25, -0.2) is 14.8 Å². The average Bonchev–Trinajstić information content (AvgIpc) is 3.18. The number of H-pyrrole nitrogens is 2. The van der Waals surface area contributed by atoms with Gasteiger partial charge in [0.2, 0.25) is 0 Å². The monoisotopic (exact) mass is 364 g/mol. The van der Waals surface area contributed by atoms with Crippen molar-refractivity contribution in [2.24, 2.45) is 0 Å². The smallest absolute Gasteiger partial charge is 0.406 e. The number of hydrogen-bond acceptors (Lipinski definition) is 5. The van der Waals surface area contributed by atoms with Crippen molar-refractivity contribution in [2.45, 2.75) is 33.2 Å². The summed E-state index contributed by atoms with van der Waals surface area (Å²) in [6.07, 6.45) is 2.69. The largest absolute Gasteiger partial charge is 0.413 e. The molecule has 1 aromatic carbocycles. The third-order valence-corrected chi connectivity index (χ3v) is 4.07. The number of para-hydroxylation sites is 1. The molecule has 1 amide bonds. The van der Waals surface area contributed by atoms with Gasteiger partial charge in [-0.1, -0.05) is 18.2 Å². The number of aryl methyl sites for hydroxylation is 1. The number of amides is 1. The number of fused-ring (bicyclic) bond motifs is 2. The second kappa shape index (κ2) is 6.08. The molecular formula is C19H20N6O2. The van der Waals surface area contributed by atoms with E-state index in [1.807, 2.05) is 45.9 Å². The number of carbonyl (C=O) groups excluding carboxylic acids is 1. The van der Waals surface area contributed by atoms with Gasteiger partial charge in [0.1, 0.15) is 5.69 Å². The van der Waals surface area contributed by atoms with Crippen LogP contribution in [0.25, 0.3) is 33.5 Å². The van der Waals surface area contributed by atoms with Gasteiger partial charge in [0.05, 0.1) is 17.4 Å². The van der Waals surface area contributed by atoms with E-state index < -0.39 is 11.6 Å². The van der Waals surface area contributed by atoms with Gasteiger partial charge >= 0.3 is 6.09 Å². The van der Waals surface area contributed by atoms with Gasteiger partial charge in [0.15, 0.2) is 16.9 Å². The van der Waals surface area contributed by atoms with E-state index in [0.717, 1.165) is 22.2 Å². The Morgan fingerprint density at radius 1 is 1.22 bits per heavy atom. The molecule has 8 nitrogen and oxygen atoms in total. The minimum Gasteiger partial charge on any atom is -0.406 e. The number of hydrogen-bond donors (Lipinski definition) is 3. The Balaban J connectivity index is 1.73. The summed E-state index contributed by atoms with van der Waals surface area (Å²) < 4.78 is 5.41. The van der Waals surface area contributed by atoms with Gasteiger partial charge in [-0.3, -0.25) is 5.10 Å². The Morgan fingerprint density at radius 2 is 2.04 bits per heavy atom. The molecule has 0 saturated carbocycles. The van der Waals surface area contributed by atoms with Crippen molar-refractivity contribution in [1.82, 2.24) is 30.5 Å². The molecule has 4 rings (SSSR count). The van der Waals surface area contributed by atoms with Gasteiger partial charge in [0.25, 0.3) is 0 Å².